The van der Waals surface area contributed by atoms with Gasteiger partial charge >= 0.3 is 5.69 Å². The molecular weight excluding hydrogens is 316 g/mol. The van der Waals surface area contributed by atoms with Gasteiger partial charge in [-0.25, -0.2) is 9.36 Å². The number of nitrogens with one attached hydrogen (secondary N) is 2. The molecule has 0 bridgehead atoms. The molecule has 1 aromatic carbocycles. The standard InChI is InChI=1S/C15H13ClN6O/c1-10-18-14(21-20-12-5-7-17-8-6-12)19-15(23)22(10)13-4-2-3-11(16)9-13/h2-9H,1H3,(H,17,20)(H,19,21,23). The quantitative estimate of drug-likeness (QED) is 0.715. The zero-order valence-electron chi connectivity index (χ0n) is 12.2. The predicted octanol–water partition coefficient (Wildman–Crippen LogP) is 2.42. The van der Waals surface area contributed by atoms with Crippen molar-refractivity contribution >= 4 is 23.2 Å². The van der Waals surface area contributed by atoms with E-state index in [9.17, 15) is 4.79 Å². The first-order valence-corrected chi connectivity index (χ1v) is 7.17. The van der Waals surface area contributed by atoms with Gasteiger partial charge in [-0.3, -0.25) is 15.8 Å². The van der Waals surface area contributed by atoms with Crippen molar-refractivity contribution in [1.29, 1.82) is 0 Å². The first kappa shape index (κ1) is 15.0. The average Bonchev–Trinajstić information content (AvgIpc) is 2.53. The SMILES string of the molecule is Cc1nc(NNc2ccncc2)nc(=O)n1-c1cccc(Cl)c1. The Balaban J connectivity index is 1.87. The van der Waals surface area contributed by atoms with E-state index in [1.54, 1.807) is 55.7 Å². The number of halogens is 1. The van der Waals surface area contributed by atoms with Crippen LogP contribution in [0.4, 0.5) is 11.6 Å². The van der Waals surface area contributed by atoms with Crippen LogP contribution in [0, 0.1) is 6.92 Å². The summed E-state index contributed by atoms with van der Waals surface area (Å²) in [4.78, 5) is 24.4. The molecule has 0 aliphatic heterocycles. The third-order valence-electron chi connectivity index (χ3n) is 3.05. The molecule has 116 valence electrons. The van der Waals surface area contributed by atoms with Crippen LogP contribution in [-0.4, -0.2) is 19.5 Å². The average molecular weight is 329 g/mol. The molecule has 8 heteroatoms. The first-order valence-electron chi connectivity index (χ1n) is 6.79. The Morgan fingerprint density at radius 1 is 1.09 bits per heavy atom. The molecule has 0 amide bonds. The maximum absolute atomic E-state index is 12.3. The van der Waals surface area contributed by atoms with Gasteiger partial charge in [0.1, 0.15) is 5.82 Å². The summed E-state index contributed by atoms with van der Waals surface area (Å²) < 4.78 is 1.39. The van der Waals surface area contributed by atoms with Gasteiger partial charge in [0.2, 0.25) is 5.95 Å². The first-order chi connectivity index (χ1) is 11.1. The smallest absolute Gasteiger partial charge is 0.298 e. The van der Waals surface area contributed by atoms with Crippen molar-refractivity contribution in [3.63, 3.8) is 0 Å². The van der Waals surface area contributed by atoms with Crippen LogP contribution < -0.4 is 16.5 Å². The van der Waals surface area contributed by atoms with Gasteiger partial charge < -0.3 is 0 Å². The minimum Gasteiger partial charge on any atom is -0.298 e. The van der Waals surface area contributed by atoms with Crippen LogP contribution in [-0.2, 0) is 0 Å². The molecule has 7 nitrogen and oxygen atoms in total. The second-order valence-electron chi connectivity index (χ2n) is 4.68. The van der Waals surface area contributed by atoms with Gasteiger partial charge in [0.25, 0.3) is 0 Å². The number of anilines is 2. The van der Waals surface area contributed by atoms with E-state index in [1.807, 2.05) is 0 Å². The van der Waals surface area contributed by atoms with Gasteiger partial charge in [-0.05, 0) is 37.3 Å². The number of hydrogen-bond donors (Lipinski definition) is 2. The van der Waals surface area contributed by atoms with Crippen molar-refractivity contribution in [2.45, 2.75) is 6.92 Å². The predicted molar refractivity (Wildman–Crippen MR) is 88.9 cm³/mol. The monoisotopic (exact) mass is 328 g/mol. The molecule has 2 heterocycles. The zero-order chi connectivity index (χ0) is 16.2. The summed E-state index contributed by atoms with van der Waals surface area (Å²) in [6, 6.07) is 10.5. The molecule has 0 saturated heterocycles. The van der Waals surface area contributed by atoms with Gasteiger partial charge in [0.05, 0.1) is 11.4 Å². The number of hydrogen-bond acceptors (Lipinski definition) is 6. The number of aryl methyl sites for hydroxylation is 1. The molecule has 0 saturated carbocycles. The van der Waals surface area contributed by atoms with Gasteiger partial charge in [0.15, 0.2) is 0 Å². The Hall–Kier alpha value is -2.93. The Morgan fingerprint density at radius 3 is 2.57 bits per heavy atom. The molecule has 0 unspecified atom stereocenters. The summed E-state index contributed by atoms with van der Waals surface area (Å²) in [5, 5.41) is 0.537. The van der Waals surface area contributed by atoms with Crippen molar-refractivity contribution in [3.05, 3.63) is 70.1 Å². The van der Waals surface area contributed by atoms with Gasteiger partial charge in [-0.2, -0.15) is 9.97 Å². The van der Waals surface area contributed by atoms with E-state index in [0.717, 1.165) is 5.69 Å². The van der Waals surface area contributed by atoms with Crippen LogP contribution in [0.5, 0.6) is 0 Å². The van der Waals surface area contributed by atoms with E-state index in [4.69, 9.17) is 11.6 Å². The lowest BCUT2D eigenvalue weighted by atomic mass is 10.3. The highest BCUT2D eigenvalue weighted by Gasteiger charge is 2.09. The number of hydrazine groups is 1. The van der Waals surface area contributed by atoms with Crippen LogP contribution in [0.15, 0.2) is 53.6 Å². The molecule has 3 rings (SSSR count). The van der Waals surface area contributed by atoms with Crippen LogP contribution in [0.1, 0.15) is 5.82 Å². The summed E-state index contributed by atoms with van der Waals surface area (Å²) in [6.07, 6.45) is 3.29. The summed E-state index contributed by atoms with van der Waals surface area (Å²) in [5.41, 5.74) is 6.64. The normalized spacial score (nSPS) is 10.3. The maximum Gasteiger partial charge on any atom is 0.356 e. The topological polar surface area (TPSA) is 84.7 Å². The lowest BCUT2D eigenvalue weighted by molar-refractivity contribution is 0.813. The zero-order valence-corrected chi connectivity index (χ0v) is 12.9. The fraction of sp³-hybridized carbons (Fsp3) is 0.0667. The number of pyridine rings is 1. The Kier molecular flexibility index (Phi) is 4.20. The second kappa shape index (κ2) is 6.45. The molecule has 2 N–H and O–H groups in total. The Labute approximate surface area is 137 Å². The van der Waals surface area contributed by atoms with Crippen LogP contribution in [0.3, 0.4) is 0 Å². The highest BCUT2D eigenvalue weighted by atomic mass is 35.5. The third kappa shape index (κ3) is 3.46. The van der Waals surface area contributed by atoms with Crippen molar-refractivity contribution in [2.75, 3.05) is 10.9 Å². The van der Waals surface area contributed by atoms with Crippen molar-refractivity contribution in [3.8, 4) is 5.69 Å². The lowest BCUT2D eigenvalue weighted by Crippen LogP contribution is -2.27. The van der Waals surface area contributed by atoms with Gasteiger partial charge in [0, 0.05) is 17.4 Å². The molecular formula is C15H13ClN6O. The van der Waals surface area contributed by atoms with E-state index in [-0.39, 0.29) is 5.95 Å². The maximum atomic E-state index is 12.3. The lowest BCUT2D eigenvalue weighted by Gasteiger charge is -2.12. The molecule has 0 fully saturated rings. The fourth-order valence-corrected chi connectivity index (χ4v) is 2.22. The molecule has 2 aromatic heterocycles. The largest absolute Gasteiger partial charge is 0.356 e. The van der Waals surface area contributed by atoms with Crippen molar-refractivity contribution < 1.29 is 0 Å². The number of benzene rings is 1. The number of aromatic nitrogens is 4. The number of nitrogens with zero attached hydrogens (tertiary/aromatic N) is 4. The number of rotatable bonds is 4. The molecule has 0 spiro atoms. The van der Waals surface area contributed by atoms with E-state index >= 15 is 0 Å². The highest BCUT2D eigenvalue weighted by molar-refractivity contribution is 6.30. The minimum absolute atomic E-state index is 0.183. The molecule has 0 atom stereocenters. The molecule has 0 aliphatic rings. The van der Waals surface area contributed by atoms with Gasteiger partial charge in [-0.1, -0.05) is 17.7 Å². The highest BCUT2D eigenvalue weighted by Crippen LogP contribution is 2.14. The van der Waals surface area contributed by atoms with E-state index in [2.05, 4.69) is 25.8 Å². The summed E-state index contributed by atoms with van der Waals surface area (Å²) in [5.74, 6) is 0.675. The van der Waals surface area contributed by atoms with Crippen LogP contribution >= 0.6 is 11.6 Å². The van der Waals surface area contributed by atoms with Crippen LogP contribution in [0.25, 0.3) is 5.69 Å². The second-order valence-corrected chi connectivity index (χ2v) is 5.11. The summed E-state index contributed by atoms with van der Waals surface area (Å²) >= 11 is 5.96. The Bertz CT molecular complexity index is 881. The third-order valence-corrected chi connectivity index (χ3v) is 3.28. The molecule has 23 heavy (non-hydrogen) atoms. The molecule has 3 aromatic rings. The molecule has 0 aliphatic carbocycles. The molecule has 0 radical (unpaired) electrons. The van der Waals surface area contributed by atoms with Crippen molar-refractivity contribution in [1.82, 2.24) is 19.5 Å². The Morgan fingerprint density at radius 2 is 1.87 bits per heavy atom. The fourth-order valence-electron chi connectivity index (χ4n) is 2.04. The van der Waals surface area contributed by atoms with Gasteiger partial charge in [-0.15, -0.1) is 0 Å². The van der Waals surface area contributed by atoms with Crippen LogP contribution in [0.2, 0.25) is 5.02 Å². The van der Waals surface area contributed by atoms with Crippen molar-refractivity contribution in [2.24, 2.45) is 0 Å². The summed E-state index contributed by atoms with van der Waals surface area (Å²) in [7, 11) is 0. The summed E-state index contributed by atoms with van der Waals surface area (Å²) in [6.45, 7) is 1.72. The minimum atomic E-state index is -0.446. The van der Waals surface area contributed by atoms with E-state index in [0.29, 0.717) is 16.5 Å². The van der Waals surface area contributed by atoms with E-state index in [1.165, 1.54) is 4.57 Å². The van der Waals surface area contributed by atoms with E-state index < -0.39 is 5.69 Å².